The van der Waals surface area contributed by atoms with E-state index in [-0.39, 0.29) is 17.2 Å². The van der Waals surface area contributed by atoms with E-state index >= 15 is 0 Å². The molecule has 1 aliphatic rings. The summed E-state index contributed by atoms with van der Waals surface area (Å²) < 4.78 is 5.53. The number of anilines is 1. The largest absolute Gasteiger partial charge is 0.507 e. The number of phenolic OH excluding ortho intramolecular Hbond substituents is 2. The zero-order valence-electron chi connectivity index (χ0n) is 15.1. The third-order valence-electron chi connectivity index (χ3n) is 4.98. The highest BCUT2D eigenvalue weighted by Crippen LogP contribution is 2.55. The monoisotopic (exact) mass is 359 g/mol. The first-order valence-corrected chi connectivity index (χ1v) is 8.82. The molecule has 0 aromatic heterocycles. The Kier molecular flexibility index (Phi) is 4.24. The van der Waals surface area contributed by atoms with E-state index in [2.05, 4.69) is 11.5 Å². The van der Waals surface area contributed by atoms with E-state index in [1.807, 2.05) is 60.7 Å². The molecule has 0 radical (unpaired) electrons. The first kappa shape index (κ1) is 17.0. The number of benzene rings is 3. The Morgan fingerprint density at radius 1 is 1.00 bits per heavy atom. The maximum absolute atomic E-state index is 11.2. The second-order valence-corrected chi connectivity index (χ2v) is 6.51. The zero-order chi connectivity index (χ0) is 19.0. The van der Waals surface area contributed by atoms with E-state index in [0.717, 1.165) is 16.8 Å². The molecule has 4 nitrogen and oxygen atoms in total. The molecule has 3 aromatic carbocycles. The lowest BCUT2D eigenvalue weighted by atomic mass is 9.87. The molecule has 0 spiro atoms. The van der Waals surface area contributed by atoms with Crippen molar-refractivity contribution in [2.45, 2.75) is 6.54 Å². The number of methoxy groups -OCH3 is 1. The molecule has 1 aliphatic heterocycles. The van der Waals surface area contributed by atoms with Gasteiger partial charge >= 0.3 is 0 Å². The van der Waals surface area contributed by atoms with Crippen molar-refractivity contribution in [2.24, 2.45) is 0 Å². The van der Waals surface area contributed by atoms with E-state index in [9.17, 15) is 10.2 Å². The molecule has 4 heteroatoms. The molecule has 0 saturated heterocycles. The average molecular weight is 359 g/mol. The van der Waals surface area contributed by atoms with Crippen LogP contribution >= 0.6 is 0 Å². The fourth-order valence-corrected chi connectivity index (χ4v) is 3.82. The predicted molar refractivity (Wildman–Crippen MR) is 108 cm³/mol. The molecule has 4 rings (SSSR count). The van der Waals surface area contributed by atoms with Crippen molar-refractivity contribution in [3.8, 4) is 39.5 Å². The molecule has 3 aromatic rings. The molecule has 0 atom stereocenters. The Labute approximate surface area is 158 Å². The highest BCUT2D eigenvalue weighted by atomic mass is 16.5. The second-order valence-electron chi connectivity index (χ2n) is 6.51. The van der Waals surface area contributed by atoms with Gasteiger partial charge < -0.3 is 19.8 Å². The number of nitrogens with zero attached hydrogens (tertiary/aromatic N) is 1. The molecule has 136 valence electrons. The Hall–Kier alpha value is -3.40. The van der Waals surface area contributed by atoms with Crippen LogP contribution in [-0.4, -0.2) is 23.9 Å². The van der Waals surface area contributed by atoms with Crippen LogP contribution in [0.2, 0.25) is 0 Å². The topological polar surface area (TPSA) is 52.9 Å². The van der Waals surface area contributed by atoms with Gasteiger partial charge in [-0.05, 0) is 11.6 Å². The van der Waals surface area contributed by atoms with Crippen LogP contribution < -0.4 is 9.64 Å². The summed E-state index contributed by atoms with van der Waals surface area (Å²) in [5.41, 5.74) is 4.47. The van der Waals surface area contributed by atoms with Crippen LogP contribution in [0.25, 0.3) is 22.3 Å². The van der Waals surface area contributed by atoms with Gasteiger partial charge in [0.25, 0.3) is 0 Å². The fraction of sp³-hybridized carbons (Fsp3) is 0.130. The second kappa shape index (κ2) is 6.72. The van der Waals surface area contributed by atoms with Crippen LogP contribution in [0.5, 0.6) is 17.2 Å². The third kappa shape index (κ3) is 2.61. The summed E-state index contributed by atoms with van der Waals surface area (Å²) in [6, 6.07) is 17.3. The molecule has 0 fully saturated rings. The quantitative estimate of drug-likeness (QED) is 0.511. The number of phenols is 2. The van der Waals surface area contributed by atoms with E-state index < -0.39 is 0 Å². The maximum atomic E-state index is 11.2. The minimum atomic E-state index is 0.0508. The molecular formula is C23H21NO3. The molecule has 0 unspecified atom stereocenters. The molecule has 0 amide bonds. The first-order chi connectivity index (χ1) is 13.2. The molecular weight excluding hydrogens is 338 g/mol. The Balaban J connectivity index is 2.05. The zero-order valence-corrected chi connectivity index (χ0v) is 15.1. The van der Waals surface area contributed by atoms with Crippen molar-refractivity contribution in [1.82, 2.24) is 0 Å². The number of para-hydroxylation sites is 1. The van der Waals surface area contributed by atoms with Crippen LogP contribution in [0, 0.1) is 0 Å². The summed E-state index contributed by atoms with van der Waals surface area (Å²) in [6.45, 7) is 4.96. The molecule has 0 saturated carbocycles. The van der Waals surface area contributed by atoms with Gasteiger partial charge in [-0.25, -0.2) is 0 Å². The van der Waals surface area contributed by atoms with Crippen LogP contribution in [-0.2, 0) is 6.54 Å². The summed E-state index contributed by atoms with van der Waals surface area (Å²) in [7, 11) is 1.51. The van der Waals surface area contributed by atoms with Gasteiger partial charge in [-0.3, -0.25) is 0 Å². The predicted octanol–water partition coefficient (Wildman–Crippen LogP) is 4.95. The third-order valence-corrected chi connectivity index (χ3v) is 4.98. The number of ether oxygens (including phenoxy) is 1. The number of rotatable bonds is 4. The summed E-state index contributed by atoms with van der Waals surface area (Å²) in [5.74, 6) is 0.466. The number of hydrogen-bond acceptors (Lipinski definition) is 4. The molecule has 27 heavy (non-hydrogen) atoms. The average Bonchev–Trinajstić information content (AvgIpc) is 2.71. The van der Waals surface area contributed by atoms with Crippen LogP contribution in [0.3, 0.4) is 0 Å². The molecule has 1 heterocycles. The number of fused-ring (bicyclic) bond motifs is 3. The van der Waals surface area contributed by atoms with Gasteiger partial charge in [-0.15, -0.1) is 6.58 Å². The standard InChI is InChI=1S/C23H21NO3/c1-3-13-24-14-17-20(16-11-7-8-12-18(16)24)22(26)23(27-2)19(21(17)25)15-9-5-4-6-10-15/h3-12,25-26H,1,13-14H2,2H3. The van der Waals surface area contributed by atoms with Gasteiger partial charge in [-0.1, -0.05) is 54.6 Å². The van der Waals surface area contributed by atoms with Crippen molar-refractivity contribution >= 4 is 5.69 Å². The minimum Gasteiger partial charge on any atom is -0.507 e. The fourth-order valence-electron chi connectivity index (χ4n) is 3.82. The highest BCUT2D eigenvalue weighted by Gasteiger charge is 2.31. The lowest BCUT2D eigenvalue weighted by molar-refractivity contribution is 0.370. The van der Waals surface area contributed by atoms with E-state index in [1.54, 1.807) is 0 Å². The minimum absolute atomic E-state index is 0.0508. The summed E-state index contributed by atoms with van der Waals surface area (Å²) in [6.07, 6.45) is 1.83. The molecule has 2 N–H and O–H groups in total. The van der Waals surface area contributed by atoms with Crippen molar-refractivity contribution in [1.29, 1.82) is 0 Å². The van der Waals surface area contributed by atoms with Gasteiger partial charge in [0, 0.05) is 35.5 Å². The maximum Gasteiger partial charge on any atom is 0.172 e. The van der Waals surface area contributed by atoms with Crippen molar-refractivity contribution in [3.05, 3.63) is 72.8 Å². The van der Waals surface area contributed by atoms with Gasteiger partial charge in [0.15, 0.2) is 11.5 Å². The van der Waals surface area contributed by atoms with Gasteiger partial charge in [0.1, 0.15) is 5.75 Å². The number of hydrogen-bond donors (Lipinski definition) is 2. The SMILES string of the molecule is C=CCN1Cc2c(O)c(-c3ccccc3)c(OC)c(O)c2-c2ccccc21. The van der Waals surface area contributed by atoms with E-state index in [1.165, 1.54) is 7.11 Å². The van der Waals surface area contributed by atoms with Gasteiger partial charge in [-0.2, -0.15) is 0 Å². The summed E-state index contributed by atoms with van der Waals surface area (Å²) >= 11 is 0. The van der Waals surface area contributed by atoms with Gasteiger partial charge in [0.2, 0.25) is 0 Å². The summed E-state index contributed by atoms with van der Waals surface area (Å²) in [4.78, 5) is 2.13. The van der Waals surface area contributed by atoms with Crippen LogP contribution in [0.1, 0.15) is 5.56 Å². The Morgan fingerprint density at radius 3 is 2.41 bits per heavy atom. The van der Waals surface area contributed by atoms with E-state index in [0.29, 0.717) is 29.8 Å². The lowest BCUT2D eigenvalue weighted by Crippen LogP contribution is -2.26. The normalized spacial score (nSPS) is 12.3. The first-order valence-electron chi connectivity index (χ1n) is 8.82. The van der Waals surface area contributed by atoms with Crippen LogP contribution in [0.15, 0.2) is 67.3 Å². The molecule has 0 aliphatic carbocycles. The van der Waals surface area contributed by atoms with Crippen molar-refractivity contribution in [2.75, 3.05) is 18.6 Å². The lowest BCUT2D eigenvalue weighted by Gasteiger charge is -2.34. The Bertz CT molecular complexity index is 1010. The van der Waals surface area contributed by atoms with Crippen molar-refractivity contribution < 1.29 is 14.9 Å². The summed E-state index contributed by atoms with van der Waals surface area (Å²) in [5, 5.41) is 22.3. The van der Waals surface area contributed by atoms with E-state index in [4.69, 9.17) is 4.74 Å². The van der Waals surface area contributed by atoms with Crippen molar-refractivity contribution in [3.63, 3.8) is 0 Å². The number of aromatic hydroxyl groups is 2. The highest BCUT2D eigenvalue weighted by molar-refractivity contribution is 5.95. The van der Waals surface area contributed by atoms with Crippen LogP contribution in [0.4, 0.5) is 5.69 Å². The van der Waals surface area contributed by atoms with Gasteiger partial charge in [0.05, 0.1) is 12.7 Å². The Morgan fingerprint density at radius 2 is 1.70 bits per heavy atom. The smallest absolute Gasteiger partial charge is 0.172 e. The molecule has 0 bridgehead atoms.